The van der Waals surface area contributed by atoms with Gasteiger partial charge in [0.2, 0.25) is 5.91 Å². The molecule has 0 aliphatic carbocycles. The number of aliphatic hydroxyl groups is 1. The van der Waals surface area contributed by atoms with Crippen LogP contribution in [0.2, 0.25) is 0 Å². The zero-order valence-electron chi connectivity index (χ0n) is 15.5. The summed E-state index contributed by atoms with van der Waals surface area (Å²) in [4.78, 5) is 18.1. The lowest BCUT2D eigenvalue weighted by atomic mass is 10.0. The summed E-state index contributed by atoms with van der Waals surface area (Å²) in [5.74, 6) is 1.03. The second kappa shape index (κ2) is 12.9. The number of halogens is 1. The third-order valence-corrected chi connectivity index (χ3v) is 4.37. The molecule has 26 heavy (non-hydrogen) atoms. The molecule has 7 heteroatoms. The van der Waals surface area contributed by atoms with Crippen LogP contribution in [-0.2, 0) is 4.79 Å². The first-order valence-corrected chi connectivity index (χ1v) is 9.20. The number of aliphatic imine (C=N–C) groups is 1. The molecule has 1 fully saturated rings. The summed E-state index contributed by atoms with van der Waals surface area (Å²) in [5.41, 5.74) is 1.09. The minimum Gasteiger partial charge on any atom is -0.396 e. The first kappa shape index (κ1) is 22.7. The molecule has 0 spiro atoms. The number of benzene rings is 1. The normalized spacial score (nSPS) is 15.5. The number of nitrogens with one attached hydrogen (secondary N) is 2. The maximum Gasteiger partial charge on any atom is 0.222 e. The highest BCUT2D eigenvalue weighted by molar-refractivity contribution is 14.0. The minimum atomic E-state index is -0.00104. The van der Waals surface area contributed by atoms with Gasteiger partial charge < -0.3 is 20.6 Å². The van der Waals surface area contributed by atoms with Gasteiger partial charge in [0.15, 0.2) is 5.96 Å². The van der Waals surface area contributed by atoms with E-state index in [2.05, 4.69) is 15.6 Å². The summed E-state index contributed by atoms with van der Waals surface area (Å²) in [6.07, 6.45) is 2.58. The van der Waals surface area contributed by atoms with E-state index in [4.69, 9.17) is 0 Å². The summed E-state index contributed by atoms with van der Waals surface area (Å²) in [6, 6.07) is 9.96. The summed E-state index contributed by atoms with van der Waals surface area (Å²) < 4.78 is 0. The van der Waals surface area contributed by atoms with Gasteiger partial charge in [0, 0.05) is 38.5 Å². The van der Waals surface area contributed by atoms with Crippen molar-refractivity contribution in [2.45, 2.75) is 32.1 Å². The standard InChI is InChI=1S/C19H30N4O2.HI/c1-2-20-19(21-11-7-13-23-12-6-10-18(23)25)22-14-17(15-24)16-8-4-3-5-9-16;/h3-5,8-9,17,24H,2,6-7,10-15H2,1H3,(H2,20,21,22);1H. The summed E-state index contributed by atoms with van der Waals surface area (Å²) >= 11 is 0. The molecule has 3 N–H and O–H groups in total. The van der Waals surface area contributed by atoms with Crippen LogP contribution in [0.25, 0.3) is 0 Å². The van der Waals surface area contributed by atoms with Crippen molar-refractivity contribution < 1.29 is 9.90 Å². The lowest BCUT2D eigenvalue weighted by Gasteiger charge is -2.17. The number of amides is 1. The number of carbonyl (C=O) groups excluding carboxylic acids is 1. The molecule has 1 heterocycles. The molecule has 1 atom stereocenters. The Morgan fingerprint density at radius 2 is 2.08 bits per heavy atom. The molecule has 0 aromatic heterocycles. The minimum absolute atomic E-state index is 0. The van der Waals surface area contributed by atoms with Crippen molar-refractivity contribution in [3.05, 3.63) is 35.9 Å². The molecule has 1 aromatic rings. The highest BCUT2D eigenvalue weighted by Gasteiger charge is 2.19. The van der Waals surface area contributed by atoms with Gasteiger partial charge in [-0.05, 0) is 25.3 Å². The zero-order chi connectivity index (χ0) is 17.9. The Labute approximate surface area is 173 Å². The van der Waals surface area contributed by atoms with Crippen molar-refractivity contribution in [3.63, 3.8) is 0 Å². The van der Waals surface area contributed by atoms with Gasteiger partial charge >= 0.3 is 0 Å². The summed E-state index contributed by atoms with van der Waals surface area (Å²) in [5, 5.41) is 16.2. The van der Waals surface area contributed by atoms with Crippen LogP contribution in [0, 0.1) is 0 Å². The molecule has 1 aliphatic heterocycles. The highest BCUT2D eigenvalue weighted by Crippen LogP contribution is 2.15. The number of aliphatic hydroxyl groups excluding tert-OH is 1. The van der Waals surface area contributed by atoms with Gasteiger partial charge in [-0.25, -0.2) is 0 Å². The highest BCUT2D eigenvalue weighted by atomic mass is 127. The second-order valence-corrected chi connectivity index (χ2v) is 6.27. The Hall–Kier alpha value is -1.35. The van der Waals surface area contributed by atoms with Gasteiger partial charge in [-0.2, -0.15) is 0 Å². The number of hydrogen-bond donors (Lipinski definition) is 3. The van der Waals surface area contributed by atoms with Gasteiger partial charge in [0.1, 0.15) is 0 Å². The largest absolute Gasteiger partial charge is 0.396 e. The fourth-order valence-electron chi connectivity index (χ4n) is 2.95. The fraction of sp³-hybridized carbons (Fsp3) is 0.579. The molecule has 1 aliphatic rings. The molecule has 6 nitrogen and oxygen atoms in total. The Kier molecular flexibility index (Phi) is 11.3. The number of nitrogens with zero attached hydrogens (tertiary/aromatic N) is 2. The van der Waals surface area contributed by atoms with Gasteiger partial charge in [-0.15, -0.1) is 24.0 Å². The van der Waals surface area contributed by atoms with Crippen molar-refractivity contribution >= 4 is 35.8 Å². The van der Waals surface area contributed by atoms with E-state index in [9.17, 15) is 9.90 Å². The van der Waals surface area contributed by atoms with Crippen LogP contribution in [0.5, 0.6) is 0 Å². The average Bonchev–Trinajstić information content (AvgIpc) is 3.05. The van der Waals surface area contributed by atoms with E-state index in [-0.39, 0.29) is 42.4 Å². The SMILES string of the molecule is CCNC(=NCC(CO)c1ccccc1)NCCCN1CCCC1=O.I. The molecule has 1 saturated heterocycles. The van der Waals surface area contributed by atoms with Gasteiger partial charge in [-0.3, -0.25) is 9.79 Å². The van der Waals surface area contributed by atoms with Crippen LogP contribution in [0.3, 0.4) is 0 Å². The van der Waals surface area contributed by atoms with Crippen molar-refractivity contribution in [1.82, 2.24) is 15.5 Å². The lowest BCUT2D eigenvalue weighted by Crippen LogP contribution is -2.39. The van der Waals surface area contributed by atoms with E-state index in [1.807, 2.05) is 42.2 Å². The third-order valence-electron chi connectivity index (χ3n) is 4.37. The molecule has 0 saturated carbocycles. The van der Waals surface area contributed by atoms with Gasteiger partial charge in [0.05, 0.1) is 13.2 Å². The van der Waals surface area contributed by atoms with E-state index >= 15 is 0 Å². The quantitative estimate of drug-likeness (QED) is 0.221. The number of carbonyl (C=O) groups is 1. The monoisotopic (exact) mass is 474 g/mol. The molecule has 2 rings (SSSR count). The molecule has 0 bridgehead atoms. The maximum absolute atomic E-state index is 11.6. The smallest absolute Gasteiger partial charge is 0.222 e. The predicted octanol–water partition coefficient (Wildman–Crippen LogP) is 1.95. The number of likely N-dealkylation sites (tertiary alicyclic amines) is 1. The molecular formula is C19H31IN4O2. The van der Waals surface area contributed by atoms with E-state index in [0.29, 0.717) is 13.0 Å². The second-order valence-electron chi connectivity index (χ2n) is 6.27. The molecule has 1 unspecified atom stereocenters. The van der Waals surface area contributed by atoms with Crippen molar-refractivity contribution in [1.29, 1.82) is 0 Å². The van der Waals surface area contributed by atoms with Crippen LogP contribution in [-0.4, -0.2) is 61.2 Å². The Morgan fingerprint density at radius 3 is 2.69 bits per heavy atom. The topological polar surface area (TPSA) is 77.0 Å². The molecule has 146 valence electrons. The number of hydrogen-bond acceptors (Lipinski definition) is 3. The molecular weight excluding hydrogens is 443 g/mol. The third kappa shape index (κ3) is 7.49. The van der Waals surface area contributed by atoms with E-state index < -0.39 is 0 Å². The predicted molar refractivity (Wildman–Crippen MR) is 116 cm³/mol. The van der Waals surface area contributed by atoms with E-state index in [1.54, 1.807) is 0 Å². The summed E-state index contributed by atoms with van der Waals surface area (Å²) in [7, 11) is 0. The Bertz CT molecular complexity index is 554. The van der Waals surface area contributed by atoms with Gasteiger partial charge in [-0.1, -0.05) is 30.3 Å². The van der Waals surface area contributed by atoms with E-state index in [0.717, 1.165) is 50.5 Å². The number of rotatable bonds is 9. The molecule has 1 amide bonds. The first-order valence-electron chi connectivity index (χ1n) is 9.20. The Balaban J connectivity index is 0.00000338. The van der Waals surface area contributed by atoms with Crippen LogP contribution >= 0.6 is 24.0 Å². The summed E-state index contributed by atoms with van der Waals surface area (Å²) in [6.45, 7) is 5.87. The van der Waals surface area contributed by atoms with Crippen molar-refractivity contribution in [3.8, 4) is 0 Å². The van der Waals surface area contributed by atoms with Crippen LogP contribution in [0.1, 0.15) is 37.7 Å². The van der Waals surface area contributed by atoms with Crippen LogP contribution in [0.15, 0.2) is 35.3 Å². The van der Waals surface area contributed by atoms with E-state index in [1.165, 1.54) is 0 Å². The van der Waals surface area contributed by atoms with Gasteiger partial charge in [0.25, 0.3) is 0 Å². The van der Waals surface area contributed by atoms with Crippen LogP contribution < -0.4 is 10.6 Å². The zero-order valence-corrected chi connectivity index (χ0v) is 17.8. The fourth-order valence-corrected chi connectivity index (χ4v) is 2.95. The maximum atomic E-state index is 11.6. The number of guanidine groups is 1. The lowest BCUT2D eigenvalue weighted by molar-refractivity contribution is -0.127. The first-order chi connectivity index (χ1) is 12.2. The van der Waals surface area contributed by atoms with Crippen LogP contribution in [0.4, 0.5) is 0 Å². The molecule has 0 radical (unpaired) electrons. The van der Waals surface area contributed by atoms with Crippen molar-refractivity contribution in [2.75, 3.05) is 39.3 Å². The van der Waals surface area contributed by atoms with Crippen molar-refractivity contribution in [2.24, 2.45) is 4.99 Å². The Morgan fingerprint density at radius 1 is 1.31 bits per heavy atom. The average molecular weight is 474 g/mol. The molecule has 1 aromatic carbocycles.